The van der Waals surface area contributed by atoms with E-state index in [1.54, 1.807) is 0 Å². The third-order valence-corrected chi connectivity index (χ3v) is 8.32. The monoisotopic (exact) mass is 523 g/mol. The molecule has 1 N–H and O–H groups in total. The Hall–Kier alpha value is -3.61. The molecule has 1 saturated heterocycles. The van der Waals surface area contributed by atoms with Gasteiger partial charge in [0.15, 0.2) is 5.76 Å². The van der Waals surface area contributed by atoms with Gasteiger partial charge in [-0.25, -0.2) is 0 Å². The standard InChI is InChI=1S/C33H37N3O3/c1-33(27-11-4-2-5-12-27)21-26(22-33)32(31-20-25-10-8-9-15-30(25)39-31)34-38-24-29(37)23-35-16-18-36(19-17-35)28-13-6-3-7-14-28/h2-15,20,26,29,37H,16-19,21-24H2,1H3. The molecule has 39 heavy (non-hydrogen) atoms. The van der Waals surface area contributed by atoms with Crippen molar-refractivity contribution in [3.63, 3.8) is 0 Å². The molecule has 0 radical (unpaired) electrons. The molecule has 0 spiro atoms. The summed E-state index contributed by atoms with van der Waals surface area (Å²) in [6.45, 7) is 6.79. The smallest absolute Gasteiger partial charge is 0.153 e. The SMILES string of the molecule is CC1(c2ccccc2)CC(C(=NOCC(O)CN2CCN(c3ccccc3)CC2)c2cc3ccccc3o2)C1. The van der Waals surface area contributed by atoms with Crippen LogP contribution in [0.3, 0.4) is 0 Å². The van der Waals surface area contributed by atoms with E-state index in [4.69, 9.17) is 9.25 Å². The zero-order chi connectivity index (χ0) is 26.7. The van der Waals surface area contributed by atoms with E-state index in [-0.39, 0.29) is 17.9 Å². The number of aliphatic hydroxyl groups excluding tert-OH is 1. The van der Waals surface area contributed by atoms with E-state index < -0.39 is 6.10 Å². The van der Waals surface area contributed by atoms with Crippen LogP contribution in [-0.2, 0) is 10.3 Å². The Kier molecular flexibility index (Phi) is 7.40. The average Bonchev–Trinajstić information content (AvgIpc) is 3.39. The van der Waals surface area contributed by atoms with Crippen LogP contribution in [0.4, 0.5) is 5.69 Å². The Balaban J connectivity index is 1.08. The average molecular weight is 524 g/mol. The van der Waals surface area contributed by atoms with Gasteiger partial charge < -0.3 is 19.3 Å². The van der Waals surface area contributed by atoms with Crippen molar-refractivity contribution < 1.29 is 14.4 Å². The van der Waals surface area contributed by atoms with Crippen molar-refractivity contribution in [2.45, 2.75) is 31.3 Å². The first-order chi connectivity index (χ1) is 19.1. The number of anilines is 1. The van der Waals surface area contributed by atoms with Crippen molar-refractivity contribution in [2.75, 3.05) is 44.2 Å². The van der Waals surface area contributed by atoms with Gasteiger partial charge in [-0.15, -0.1) is 0 Å². The topological polar surface area (TPSA) is 61.4 Å². The third-order valence-electron chi connectivity index (χ3n) is 8.32. The van der Waals surface area contributed by atoms with Crippen LogP contribution >= 0.6 is 0 Å². The maximum atomic E-state index is 10.8. The van der Waals surface area contributed by atoms with Gasteiger partial charge in [0.1, 0.15) is 24.0 Å². The van der Waals surface area contributed by atoms with Crippen LogP contribution in [0.1, 0.15) is 31.1 Å². The summed E-state index contributed by atoms with van der Waals surface area (Å²) < 4.78 is 6.20. The molecule has 3 aromatic carbocycles. The van der Waals surface area contributed by atoms with Crippen molar-refractivity contribution in [2.24, 2.45) is 11.1 Å². The molecule has 6 nitrogen and oxygen atoms in total. The van der Waals surface area contributed by atoms with Crippen LogP contribution in [0.15, 0.2) is 101 Å². The van der Waals surface area contributed by atoms with Crippen molar-refractivity contribution in [3.8, 4) is 0 Å². The van der Waals surface area contributed by atoms with E-state index >= 15 is 0 Å². The lowest BCUT2D eigenvalue weighted by Gasteiger charge is -2.45. The fraction of sp³-hybridized carbons (Fsp3) is 0.364. The maximum Gasteiger partial charge on any atom is 0.153 e. The second-order valence-corrected chi connectivity index (χ2v) is 11.2. The number of oxime groups is 1. The highest BCUT2D eigenvalue weighted by Gasteiger charge is 2.45. The number of piperazine rings is 1. The molecule has 0 amide bonds. The van der Waals surface area contributed by atoms with Crippen LogP contribution in [-0.4, -0.2) is 61.2 Å². The number of para-hydroxylation sites is 2. The molecular formula is C33H37N3O3. The Labute approximate surface area is 230 Å². The van der Waals surface area contributed by atoms with Crippen molar-refractivity contribution in [1.29, 1.82) is 0 Å². The summed E-state index contributed by atoms with van der Waals surface area (Å²) in [5.41, 5.74) is 4.41. The van der Waals surface area contributed by atoms with Gasteiger partial charge in [-0.05, 0) is 48.1 Å². The fourth-order valence-corrected chi connectivity index (χ4v) is 6.10. The summed E-state index contributed by atoms with van der Waals surface area (Å²) in [6, 6.07) is 31.3. The summed E-state index contributed by atoms with van der Waals surface area (Å²) in [5, 5.41) is 16.4. The van der Waals surface area contributed by atoms with Crippen molar-refractivity contribution >= 4 is 22.4 Å². The molecule has 4 aromatic rings. The number of benzene rings is 3. The molecule has 2 heterocycles. The molecule has 1 aliphatic heterocycles. The molecule has 1 atom stereocenters. The molecule has 6 heteroatoms. The van der Waals surface area contributed by atoms with Crippen LogP contribution in [0.25, 0.3) is 11.0 Å². The van der Waals surface area contributed by atoms with Crippen LogP contribution in [0, 0.1) is 5.92 Å². The molecule has 2 fully saturated rings. The van der Waals surface area contributed by atoms with Gasteiger partial charge in [-0.1, -0.05) is 78.8 Å². The minimum atomic E-state index is -0.607. The van der Waals surface area contributed by atoms with Crippen LogP contribution < -0.4 is 4.90 Å². The fourth-order valence-electron chi connectivity index (χ4n) is 6.10. The number of rotatable bonds is 9. The Bertz CT molecular complexity index is 1350. The summed E-state index contributed by atoms with van der Waals surface area (Å²) in [7, 11) is 0. The molecule has 6 rings (SSSR count). The van der Waals surface area contributed by atoms with E-state index in [9.17, 15) is 5.11 Å². The molecule has 2 aliphatic rings. The third kappa shape index (κ3) is 5.72. The zero-order valence-electron chi connectivity index (χ0n) is 22.6. The molecule has 1 aliphatic carbocycles. The molecule has 1 unspecified atom stereocenters. The summed E-state index contributed by atoms with van der Waals surface area (Å²) in [6.07, 6.45) is 1.35. The Morgan fingerprint density at radius 3 is 2.33 bits per heavy atom. The van der Waals surface area contributed by atoms with Crippen molar-refractivity contribution in [1.82, 2.24) is 4.90 Å². The second kappa shape index (κ2) is 11.2. The highest BCUT2D eigenvalue weighted by atomic mass is 16.6. The summed E-state index contributed by atoms with van der Waals surface area (Å²) >= 11 is 0. The first-order valence-electron chi connectivity index (χ1n) is 14.0. The van der Waals surface area contributed by atoms with Crippen LogP contribution in [0.2, 0.25) is 0 Å². The highest BCUT2D eigenvalue weighted by molar-refractivity contribution is 6.03. The lowest BCUT2D eigenvalue weighted by Crippen LogP contribution is -2.49. The Morgan fingerprint density at radius 1 is 0.949 bits per heavy atom. The maximum absolute atomic E-state index is 10.8. The van der Waals surface area contributed by atoms with Gasteiger partial charge in [0.2, 0.25) is 0 Å². The van der Waals surface area contributed by atoms with E-state index in [1.807, 2.05) is 24.3 Å². The second-order valence-electron chi connectivity index (χ2n) is 11.2. The molecule has 1 saturated carbocycles. The van der Waals surface area contributed by atoms with E-state index in [0.29, 0.717) is 6.54 Å². The number of aliphatic hydroxyl groups is 1. The van der Waals surface area contributed by atoms with Gasteiger partial charge in [-0.3, -0.25) is 4.90 Å². The number of hydrogen-bond acceptors (Lipinski definition) is 6. The highest BCUT2D eigenvalue weighted by Crippen LogP contribution is 2.49. The summed E-state index contributed by atoms with van der Waals surface area (Å²) in [5.74, 6) is 0.988. The lowest BCUT2D eigenvalue weighted by molar-refractivity contribution is 0.0169. The minimum absolute atomic E-state index is 0.111. The van der Waals surface area contributed by atoms with E-state index in [1.165, 1.54) is 11.3 Å². The predicted molar refractivity (Wildman–Crippen MR) is 156 cm³/mol. The van der Waals surface area contributed by atoms with Gasteiger partial charge in [-0.2, -0.15) is 0 Å². The predicted octanol–water partition coefficient (Wildman–Crippen LogP) is 5.70. The first kappa shape index (κ1) is 25.7. The number of furan rings is 1. The number of β-amino-alcohol motifs (C(OH)–C–C–N with tert-alkyl or cyclic N) is 1. The van der Waals surface area contributed by atoms with Gasteiger partial charge in [0.05, 0.1) is 0 Å². The summed E-state index contributed by atoms with van der Waals surface area (Å²) in [4.78, 5) is 10.5. The number of hydrogen-bond donors (Lipinski definition) is 1. The molecule has 1 aromatic heterocycles. The number of fused-ring (bicyclic) bond motifs is 1. The normalized spacial score (nSPS) is 23.0. The first-order valence-corrected chi connectivity index (χ1v) is 14.0. The quantitative estimate of drug-likeness (QED) is 0.225. The van der Waals surface area contributed by atoms with E-state index in [2.05, 4.69) is 88.6 Å². The number of nitrogens with zero attached hydrogens (tertiary/aromatic N) is 3. The lowest BCUT2D eigenvalue weighted by atomic mass is 9.58. The van der Waals surface area contributed by atoms with Gasteiger partial charge >= 0.3 is 0 Å². The minimum Gasteiger partial charge on any atom is -0.455 e. The van der Waals surface area contributed by atoms with Crippen LogP contribution in [0.5, 0.6) is 0 Å². The van der Waals surface area contributed by atoms with E-state index in [0.717, 1.165) is 61.5 Å². The largest absolute Gasteiger partial charge is 0.455 e. The molecule has 202 valence electrons. The zero-order valence-corrected chi connectivity index (χ0v) is 22.6. The molecular weight excluding hydrogens is 486 g/mol. The van der Waals surface area contributed by atoms with Gasteiger partial charge in [0, 0.05) is 49.7 Å². The Morgan fingerprint density at radius 2 is 1.62 bits per heavy atom. The van der Waals surface area contributed by atoms with Gasteiger partial charge in [0.25, 0.3) is 0 Å². The molecule has 0 bridgehead atoms. The van der Waals surface area contributed by atoms with Crippen molar-refractivity contribution in [3.05, 3.63) is 102 Å².